The van der Waals surface area contributed by atoms with Crippen LogP contribution in [0.1, 0.15) is 25.7 Å². The maximum absolute atomic E-state index is 12.2. The summed E-state index contributed by atoms with van der Waals surface area (Å²) in [4.78, 5) is 16.4. The maximum Gasteiger partial charge on any atom is 0.244 e. The normalized spacial score (nSPS) is 15.5. The number of carbonyl (C=O) groups excluding carboxylic acids is 1. The van der Waals surface area contributed by atoms with Crippen molar-refractivity contribution >= 4 is 36.4 Å². The molecule has 0 aliphatic heterocycles. The van der Waals surface area contributed by atoms with E-state index in [4.69, 9.17) is 5.73 Å². The number of nitrogens with one attached hydrogen (secondary N) is 1. The molecule has 0 saturated heterocycles. The topological polar surface area (TPSA) is 85.8 Å². The van der Waals surface area contributed by atoms with Gasteiger partial charge in [-0.3, -0.25) is 4.79 Å². The predicted molar refractivity (Wildman–Crippen MR) is 89.9 cm³/mol. The van der Waals surface area contributed by atoms with Gasteiger partial charge in [-0.05, 0) is 31.0 Å². The van der Waals surface area contributed by atoms with Crippen molar-refractivity contribution in [3.05, 3.63) is 36.8 Å². The lowest BCUT2D eigenvalue weighted by atomic mass is 9.98. The van der Waals surface area contributed by atoms with E-state index in [2.05, 4.69) is 15.4 Å². The van der Waals surface area contributed by atoms with Gasteiger partial charge in [0.15, 0.2) is 5.82 Å². The molecule has 2 heterocycles. The Balaban J connectivity index is 0.00000121. The zero-order chi connectivity index (χ0) is 14.0. The fraction of sp³-hybridized carbons (Fsp3) is 0.357. The van der Waals surface area contributed by atoms with Crippen LogP contribution in [0, 0.1) is 0 Å². The molecular weight excluding hydrogens is 325 g/mol. The van der Waals surface area contributed by atoms with Crippen molar-refractivity contribution in [2.24, 2.45) is 5.73 Å². The molecule has 0 radical (unpaired) electrons. The van der Waals surface area contributed by atoms with Gasteiger partial charge in [-0.25, -0.2) is 9.67 Å². The minimum atomic E-state index is -0.722. The fourth-order valence-corrected chi connectivity index (χ4v) is 2.49. The first kappa shape index (κ1) is 18.4. The van der Waals surface area contributed by atoms with Gasteiger partial charge in [0.2, 0.25) is 5.91 Å². The molecule has 0 spiro atoms. The molecule has 3 N–H and O–H groups in total. The first-order valence-electron chi connectivity index (χ1n) is 6.74. The van der Waals surface area contributed by atoms with Crippen LogP contribution in [0.15, 0.2) is 36.8 Å². The lowest BCUT2D eigenvalue weighted by Gasteiger charge is -2.22. The third-order valence-electron chi connectivity index (χ3n) is 3.69. The second kappa shape index (κ2) is 7.58. The summed E-state index contributed by atoms with van der Waals surface area (Å²) in [5, 5.41) is 6.94. The molecule has 1 fully saturated rings. The summed E-state index contributed by atoms with van der Waals surface area (Å²) < 4.78 is 1.66. The van der Waals surface area contributed by atoms with Crippen molar-refractivity contribution in [1.82, 2.24) is 14.8 Å². The summed E-state index contributed by atoms with van der Waals surface area (Å²) in [5.74, 6) is 0.583. The number of hydrogen-bond donors (Lipinski definition) is 2. The molecule has 3 rings (SSSR count). The summed E-state index contributed by atoms with van der Waals surface area (Å²) in [6, 6.07) is 5.44. The van der Waals surface area contributed by atoms with E-state index in [1.165, 1.54) is 0 Å². The summed E-state index contributed by atoms with van der Waals surface area (Å²) in [6.07, 6.45) is 8.65. The van der Waals surface area contributed by atoms with Crippen molar-refractivity contribution in [3.63, 3.8) is 0 Å². The van der Waals surface area contributed by atoms with Gasteiger partial charge in [-0.1, -0.05) is 12.8 Å². The summed E-state index contributed by atoms with van der Waals surface area (Å²) in [5.41, 5.74) is 6.04. The largest absolute Gasteiger partial charge is 0.323 e. The zero-order valence-electron chi connectivity index (χ0n) is 11.9. The number of hydrogen-bond acceptors (Lipinski definition) is 4. The highest BCUT2D eigenvalue weighted by Crippen LogP contribution is 2.28. The Labute approximate surface area is 141 Å². The van der Waals surface area contributed by atoms with Crippen LogP contribution in [0.3, 0.4) is 0 Å². The number of anilines is 1. The molecule has 0 bridgehead atoms. The van der Waals surface area contributed by atoms with E-state index in [9.17, 15) is 4.79 Å². The van der Waals surface area contributed by atoms with Gasteiger partial charge in [0, 0.05) is 12.4 Å². The van der Waals surface area contributed by atoms with Crippen LogP contribution >= 0.6 is 24.8 Å². The Morgan fingerprint density at radius 2 is 2.00 bits per heavy atom. The van der Waals surface area contributed by atoms with E-state index >= 15 is 0 Å². The van der Waals surface area contributed by atoms with Crippen molar-refractivity contribution in [1.29, 1.82) is 0 Å². The van der Waals surface area contributed by atoms with Gasteiger partial charge in [-0.15, -0.1) is 24.8 Å². The van der Waals surface area contributed by atoms with E-state index < -0.39 is 5.54 Å². The number of nitrogens with zero attached hydrogens (tertiary/aromatic N) is 3. The van der Waals surface area contributed by atoms with Gasteiger partial charge in [-0.2, -0.15) is 5.10 Å². The Kier molecular flexibility index (Phi) is 6.34. The SMILES string of the molecule is Cl.Cl.NC1(C(=O)Nc2ccc(-n3cccn3)nc2)CCCC1. The maximum atomic E-state index is 12.2. The fourth-order valence-electron chi connectivity index (χ4n) is 2.49. The Bertz CT molecular complexity index is 594. The molecule has 1 amide bonds. The molecule has 8 heteroatoms. The van der Waals surface area contributed by atoms with Crippen LogP contribution in [0.2, 0.25) is 0 Å². The van der Waals surface area contributed by atoms with Gasteiger partial charge in [0.1, 0.15) is 0 Å². The van der Waals surface area contributed by atoms with Crippen LogP contribution in [-0.2, 0) is 4.79 Å². The average Bonchev–Trinajstić information content (AvgIpc) is 3.11. The Morgan fingerprint density at radius 3 is 2.55 bits per heavy atom. The van der Waals surface area contributed by atoms with Gasteiger partial charge >= 0.3 is 0 Å². The molecule has 6 nitrogen and oxygen atoms in total. The minimum Gasteiger partial charge on any atom is -0.323 e. The Morgan fingerprint density at radius 1 is 1.27 bits per heavy atom. The monoisotopic (exact) mass is 343 g/mol. The lowest BCUT2D eigenvalue weighted by Crippen LogP contribution is -2.48. The van der Waals surface area contributed by atoms with E-state index in [0.29, 0.717) is 11.5 Å². The molecule has 0 unspecified atom stereocenters. The third-order valence-corrected chi connectivity index (χ3v) is 3.69. The number of nitrogens with two attached hydrogens (primary N) is 1. The van der Waals surface area contributed by atoms with Gasteiger partial charge < -0.3 is 11.1 Å². The summed E-state index contributed by atoms with van der Waals surface area (Å²) in [6.45, 7) is 0. The summed E-state index contributed by atoms with van der Waals surface area (Å²) >= 11 is 0. The van der Waals surface area contributed by atoms with Gasteiger partial charge in [0.05, 0.1) is 17.4 Å². The van der Waals surface area contributed by atoms with Crippen molar-refractivity contribution < 1.29 is 4.79 Å². The van der Waals surface area contributed by atoms with Crippen molar-refractivity contribution in [2.75, 3.05) is 5.32 Å². The molecule has 2 aromatic rings. The Hall–Kier alpha value is -1.63. The number of pyridine rings is 1. The van der Waals surface area contributed by atoms with E-state index in [0.717, 1.165) is 25.7 Å². The first-order valence-corrected chi connectivity index (χ1v) is 6.74. The molecule has 120 valence electrons. The van der Waals surface area contributed by atoms with Crippen LogP contribution in [0.25, 0.3) is 5.82 Å². The highest BCUT2D eigenvalue weighted by atomic mass is 35.5. The van der Waals surface area contributed by atoms with Gasteiger partial charge in [0.25, 0.3) is 0 Å². The number of rotatable bonds is 3. The standard InChI is InChI=1S/C14H17N5O.2ClH/c15-14(6-1-2-7-14)13(20)18-11-4-5-12(16-10-11)19-9-3-8-17-19;;/h3-5,8-10H,1-2,6-7,15H2,(H,18,20);2*1H. The number of halogens is 2. The van der Waals surface area contributed by atoms with E-state index in [1.54, 1.807) is 29.2 Å². The molecule has 0 atom stereocenters. The molecule has 22 heavy (non-hydrogen) atoms. The molecule has 1 saturated carbocycles. The van der Waals surface area contributed by atoms with E-state index in [1.807, 2.05) is 12.3 Å². The minimum absolute atomic E-state index is 0. The number of carbonyl (C=O) groups is 1. The molecule has 1 aliphatic rings. The zero-order valence-corrected chi connectivity index (χ0v) is 13.6. The molecule has 0 aromatic carbocycles. The quantitative estimate of drug-likeness (QED) is 0.895. The smallest absolute Gasteiger partial charge is 0.244 e. The van der Waals surface area contributed by atoms with Crippen LogP contribution in [0.4, 0.5) is 5.69 Å². The van der Waals surface area contributed by atoms with Crippen LogP contribution in [0.5, 0.6) is 0 Å². The molecular formula is C14H19Cl2N5O. The number of aromatic nitrogens is 3. The highest BCUT2D eigenvalue weighted by molar-refractivity contribution is 5.98. The van der Waals surface area contributed by atoms with E-state index in [-0.39, 0.29) is 30.7 Å². The first-order chi connectivity index (χ1) is 9.67. The molecule has 2 aromatic heterocycles. The second-order valence-electron chi connectivity index (χ2n) is 5.17. The predicted octanol–water partition coefficient (Wildman–Crippen LogP) is 2.32. The highest BCUT2D eigenvalue weighted by Gasteiger charge is 2.36. The summed E-state index contributed by atoms with van der Waals surface area (Å²) in [7, 11) is 0. The second-order valence-corrected chi connectivity index (χ2v) is 5.17. The lowest BCUT2D eigenvalue weighted by molar-refractivity contribution is -0.121. The number of amides is 1. The van der Waals surface area contributed by atoms with Crippen LogP contribution in [-0.4, -0.2) is 26.2 Å². The van der Waals surface area contributed by atoms with Crippen molar-refractivity contribution in [3.8, 4) is 5.82 Å². The van der Waals surface area contributed by atoms with Crippen LogP contribution < -0.4 is 11.1 Å². The molecule has 1 aliphatic carbocycles. The van der Waals surface area contributed by atoms with Crippen molar-refractivity contribution in [2.45, 2.75) is 31.2 Å². The third kappa shape index (κ3) is 3.76. The average molecular weight is 344 g/mol.